The molecule has 8 heteroatoms. The van der Waals surface area contributed by atoms with Gasteiger partial charge in [0.2, 0.25) is 11.8 Å². The maximum atomic E-state index is 12.9. The molecule has 0 aliphatic carbocycles. The molecule has 0 saturated heterocycles. The van der Waals surface area contributed by atoms with Gasteiger partial charge in [0.15, 0.2) is 0 Å². The van der Waals surface area contributed by atoms with Crippen LogP contribution in [0.25, 0.3) is 11.0 Å². The zero-order chi connectivity index (χ0) is 20.1. The van der Waals surface area contributed by atoms with Crippen LogP contribution in [0.5, 0.6) is 0 Å². The van der Waals surface area contributed by atoms with Crippen molar-refractivity contribution >= 4 is 40.3 Å². The van der Waals surface area contributed by atoms with E-state index in [1.54, 1.807) is 6.92 Å². The molecule has 0 fully saturated rings. The van der Waals surface area contributed by atoms with Crippen molar-refractivity contribution in [1.29, 1.82) is 0 Å². The van der Waals surface area contributed by atoms with Gasteiger partial charge >= 0.3 is 0 Å². The van der Waals surface area contributed by atoms with Gasteiger partial charge in [0.25, 0.3) is 0 Å². The summed E-state index contributed by atoms with van der Waals surface area (Å²) in [7, 11) is 1.91. The highest BCUT2D eigenvalue weighted by atomic mass is 32.2. The Morgan fingerprint density at radius 1 is 1.18 bits per heavy atom. The lowest BCUT2D eigenvalue weighted by Crippen LogP contribution is -2.32. The second-order valence-corrected chi connectivity index (χ2v) is 7.63. The molecule has 1 atom stereocenters. The first kappa shape index (κ1) is 19.9. The molecular weight excluding hydrogens is 379 g/mol. The van der Waals surface area contributed by atoms with E-state index in [1.807, 2.05) is 35.9 Å². The van der Waals surface area contributed by atoms with Crippen molar-refractivity contribution in [3.05, 3.63) is 60.2 Å². The van der Waals surface area contributed by atoms with Crippen LogP contribution in [0.2, 0.25) is 0 Å². The van der Waals surface area contributed by atoms with Gasteiger partial charge in [-0.15, -0.1) is 11.8 Å². The van der Waals surface area contributed by atoms with E-state index in [9.17, 15) is 14.0 Å². The van der Waals surface area contributed by atoms with Crippen LogP contribution in [0.15, 0.2) is 48.5 Å². The number of amides is 2. The zero-order valence-corrected chi connectivity index (χ0v) is 16.4. The molecule has 1 heterocycles. The number of hydrogen-bond donors (Lipinski definition) is 2. The highest BCUT2D eigenvalue weighted by Gasteiger charge is 2.16. The molecule has 0 aliphatic heterocycles. The van der Waals surface area contributed by atoms with E-state index in [0.29, 0.717) is 12.2 Å². The summed E-state index contributed by atoms with van der Waals surface area (Å²) >= 11 is 1.23. The minimum Gasteiger partial charge on any atom is -0.348 e. The van der Waals surface area contributed by atoms with E-state index in [2.05, 4.69) is 15.6 Å². The Labute approximate surface area is 166 Å². The molecule has 0 spiro atoms. The Bertz CT molecular complexity index is 988. The van der Waals surface area contributed by atoms with Crippen LogP contribution in [0.1, 0.15) is 12.7 Å². The average Bonchev–Trinajstić information content (AvgIpc) is 3.02. The maximum absolute atomic E-state index is 12.9. The number of carbonyl (C=O) groups is 2. The zero-order valence-electron chi connectivity index (χ0n) is 15.6. The molecule has 146 valence electrons. The number of benzene rings is 2. The second kappa shape index (κ2) is 8.88. The van der Waals surface area contributed by atoms with E-state index in [-0.39, 0.29) is 23.4 Å². The molecule has 3 rings (SSSR count). The molecule has 2 aromatic carbocycles. The molecule has 2 N–H and O–H groups in total. The van der Waals surface area contributed by atoms with Crippen molar-refractivity contribution < 1.29 is 14.0 Å². The van der Waals surface area contributed by atoms with Gasteiger partial charge in [0.05, 0.1) is 28.6 Å². The van der Waals surface area contributed by atoms with Crippen molar-refractivity contribution in [3.63, 3.8) is 0 Å². The maximum Gasteiger partial charge on any atom is 0.234 e. The number of thioether (sulfide) groups is 1. The largest absolute Gasteiger partial charge is 0.348 e. The van der Waals surface area contributed by atoms with Crippen LogP contribution in [0.3, 0.4) is 0 Å². The van der Waals surface area contributed by atoms with Gasteiger partial charge in [-0.2, -0.15) is 0 Å². The van der Waals surface area contributed by atoms with Gasteiger partial charge in [-0.3, -0.25) is 9.59 Å². The molecule has 0 saturated carbocycles. The third-order valence-corrected chi connectivity index (χ3v) is 5.41. The smallest absolute Gasteiger partial charge is 0.234 e. The van der Waals surface area contributed by atoms with Crippen LogP contribution in [0, 0.1) is 5.82 Å². The summed E-state index contributed by atoms with van der Waals surface area (Å²) in [5, 5.41) is 5.14. The average molecular weight is 400 g/mol. The first-order valence-electron chi connectivity index (χ1n) is 8.79. The van der Waals surface area contributed by atoms with E-state index in [0.717, 1.165) is 16.9 Å². The molecule has 0 radical (unpaired) electrons. The summed E-state index contributed by atoms with van der Waals surface area (Å²) in [6.07, 6.45) is 0. The number of aromatic nitrogens is 2. The van der Waals surface area contributed by atoms with Crippen molar-refractivity contribution in [2.24, 2.45) is 7.05 Å². The summed E-state index contributed by atoms with van der Waals surface area (Å²) in [6.45, 7) is 2.07. The first-order valence-corrected chi connectivity index (χ1v) is 9.84. The van der Waals surface area contributed by atoms with Crippen LogP contribution >= 0.6 is 11.8 Å². The van der Waals surface area contributed by atoms with E-state index >= 15 is 0 Å². The van der Waals surface area contributed by atoms with Crippen molar-refractivity contribution in [2.75, 3.05) is 11.1 Å². The minimum atomic E-state index is -0.395. The van der Waals surface area contributed by atoms with E-state index in [1.165, 1.54) is 36.0 Å². The summed E-state index contributed by atoms with van der Waals surface area (Å²) < 4.78 is 14.8. The number of carbonyl (C=O) groups excluding carboxylic acids is 2. The molecule has 3 aromatic rings. The fourth-order valence-electron chi connectivity index (χ4n) is 2.67. The lowest BCUT2D eigenvalue weighted by Gasteiger charge is -2.12. The Hall–Kier alpha value is -2.87. The van der Waals surface area contributed by atoms with Crippen molar-refractivity contribution in [1.82, 2.24) is 14.9 Å². The summed E-state index contributed by atoms with van der Waals surface area (Å²) in [5.41, 5.74) is 2.41. The fourth-order valence-corrected chi connectivity index (χ4v) is 3.38. The Morgan fingerprint density at radius 3 is 2.61 bits per heavy atom. The predicted molar refractivity (Wildman–Crippen MR) is 110 cm³/mol. The van der Waals surface area contributed by atoms with Gasteiger partial charge < -0.3 is 15.2 Å². The number of nitrogens with one attached hydrogen (secondary N) is 2. The third-order valence-electron chi connectivity index (χ3n) is 4.26. The summed E-state index contributed by atoms with van der Waals surface area (Å²) in [6, 6.07) is 13.3. The lowest BCUT2D eigenvalue weighted by atomic mass is 10.3. The highest BCUT2D eigenvalue weighted by molar-refractivity contribution is 8.01. The molecule has 2 amide bonds. The lowest BCUT2D eigenvalue weighted by molar-refractivity contribution is -0.120. The second-order valence-electron chi connectivity index (χ2n) is 6.30. The van der Waals surface area contributed by atoms with Crippen molar-refractivity contribution in [2.45, 2.75) is 18.7 Å². The summed E-state index contributed by atoms with van der Waals surface area (Å²) in [5.74, 6) is 0.121. The van der Waals surface area contributed by atoms with Crippen LogP contribution in [-0.2, 0) is 23.2 Å². The van der Waals surface area contributed by atoms with Crippen LogP contribution in [0.4, 0.5) is 10.1 Å². The Balaban J connectivity index is 1.46. The molecule has 1 unspecified atom stereocenters. The summed E-state index contributed by atoms with van der Waals surface area (Å²) in [4.78, 5) is 28.8. The molecule has 0 aliphatic rings. The number of imidazole rings is 1. The number of rotatable bonds is 7. The van der Waals surface area contributed by atoms with Crippen molar-refractivity contribution in [3.8, 4) is 0 Å². The van der Waals surface area contributed by atoms with Gasteiger partial charge in [-0.1, -0.05) is 12.1 Å². The van der Waals surface area contributed by atoms with E-state index < -0.39 is 5.25 Å². The number of hydrogen-bond acceptors (Lipinski definition) is 4. The molecular formula is C20H21FN4O2S. The molecule has 6 nitrogen and oxygen atoms in total. The SMILES string of the molecule is CC(SCC(=O)Nc1ccc(F)cc1)C(=O)NCc1nc2ccccc2n1C. The monoisotopic (exact) mass is 400 g/mol. The molecule has 0 bridgehead atoms. The van der Waals surface area contributed by atoms with Gasteiger partial charge in [-0.05, 0) is 43.3 Å². The number of fused-ring (bicyclic) bond motifs is 1. The number of anilines is 1. The van der Waals surface area contributed by atoms with Gasteiger partial charge in [0.1, 0.15) is 11.6 Å². The Morgan fingerprint density at radius 2 is 1.89 bits per heavy atom. The molecule has 1 aromatic heterocycles. The Kier molecular flexibility index (Phi) is 6.30. The third kappa shape index (κ3) is 4.89. The highest BCUT2D eigenvalue weighted by Crippen LogP contribution is 2.15. The number of para-hydroxylation sites is 2. The minimum absolute atomic E-state index is 0.123. The molecule has 28 heavy (non-hydrogen) atoms. The van der Waals surface area contributed by atoms with Gasteiger partial charge in [0, 0.05) is 12.7 Å². The van der Waals surface area contributed by atoms with Gasteiger partial charge in [-0.25, -0.2) is 9.37 Å². The topological polar surface area (TPSA) is 76.0 Å². The number of nitrogens with zero attached hydrogens (tertiary/aromatic N) is 2. The first-order chi connectivity index (χ1) is 13.4. The van der Waals surface area contributed by atoms with Crippen LogP contribution in [-0.4, -0.2) is 32.4 Å². The predicted octanol–water partition coefficient (Wildman–Crippen LogP) is 3.09. The normalized spacial score (nSPS) is 12.0. The van der Waals surface area contributed by atoms with Crippen LogP contribution < -0.4 is 10.6 Å². The number of aryl methyl sites for hydroxylation is 1. The quantitative estimate of drug-likeness (QED) is 0.639. The fraction of sp³-hybridized carbons (Fsp3) is 0.250. The number of halogens is 1. The standard InChI is InChI=1S/C20H21FN4O2S/c1-13(28-12-19(26)23-15-9-7-14(21)8-10-15)20(27)22-11-18-24-16-5-3-4-6-17(16)25(18)2/h3-10,13H,11-12H2,1-2H3,(H,22,27)(H,23,26). The van der Waals surface area contributed by atoms with E-state index in [4.69, 9.17) is 0 Å².